The van der Waals surface area contributed by atoms with Gasteiger partial charge in [0.1, 0.15) is 11.6 Å². The maximum absolute atomic E-state index is 13.2. The van der Waals surface area contributed by atoms with E-state index in [-0.39, 0.29) is 17.5 Å². The molecule has 0 saturated carbocycles. The summed E-state index contributed by atoms with van der Waals surface area (Å²) in [6.07, 6.45) is 0.554. The summed E-state index contributed by atoms with van der Waals surface area (Å²) in [5.74, 6) is -1.17. The van der Waals surface area contributed by atoms with Gasteiger partial charge in [0.2, 0.25) is 5.91 Å². The molecule has 0 aliphatic carbocycles. The molecule has 0 saturated heterocycles. The molecule has 128 valence electrons. The van der Waals surface area contributed by atoms with Crippen molar-refractivity contribution in [3.63, 3.8) is 0 Å². The van der Waals surface area contributed by atoms with E-state index in [9.17, 15) is 13.6 Å². The lowest BCUT2D eigenvalue weighted by molar-refractivity contribution is -0.122. The lowest BCUT2D eigenvalue weighted by Gasteiger charge is -2.17. The van der Waals surface area contributed by atoms with E-state index in [4.69, 9.17) is 0 Å². The molecule has 1 aromatic heterocycles. The standard InChI is InChI=1S/C20H17F2NOS/c21-16-7-3-14(4-8-16)13-23-20(24)19(12-18-2-1-11-25-18)15-5-9-17(22)10-6-15/h1-11,19H,12-13H2,(H,23,24). The van der Waals surface area contributed by atoms with Gasteiger partial charge in [0.15, 0.2) is 0 Å². The number of carbonyl (C=O) groups is 1. The molecule has 0 bridgehead atoms. The van der Waals surface area contributed by atoms with Gasteiger partial charge in [0, 0.05) is 11.4 Å². The molecule has 1 amide bonds. The third-order valence-corrected chi connectivity index (χ3v) is 4.85. The molecular formula is C20H17F2NOS. The quantitative estimate of drug-likeness (QED) is 0.682. The van der Waals surface area contributed by atoms with Crippen molar-refractivity contribution >= 4 is 17.2 Å². The number of thiophene rings is 1. The molecule has 1 unspecified atom stereocenters. The van der Waals surface area contributed by atoms with Gasteiger partial charge in [-0.25, -0.2) is 8.78 Å². The first-order valence-corrected chi connectivity index (χ1v) is 8.80. The number of hydrogen-bond acceptors (Lipinski definition) is 2. The Labute approximate surface area is 149 Å². The minimum atomic E-state index is -0.403. The van der Waals surface area contributed by atoms with Crippen molar-refractivity contribution in [1.29, 1.82) is 0 Å². The van der Waals surface area contributed by atoms with Crippen molar-refractivity contribution < 1.29 is 13.6 Å². The number of amides is 1. The van der Waals surface area contributed by atoms with Gasteiger partial charge in [-0.1, -0.05) is 30.3 Å². The molecule has 2 nitrogen and oxygen atoms in total. The zero-order valence-corrected chi connectivity index (χ0v) is 14.2. The average molecular weight is 357 g/mol. The van der Waals surface area contributed by atoms with Gasteiger partial charge in [0.25, 0.3) is 0 Å². The molecular weight excluding hydrogens is 340 g/mol. The van der Waals surface area contributed by atoms with Crippen LogP contribution in [0.2, 0.25) is 0 Å². The summed E-state index contributed by atoms with van der Waals surface area (Å²) in [6.45, 7) is 0.321. The van der Waals surface area contributed by atoms with Gasteiger partial charge in [0.05, 0.1) is 5.92 Å². The summed E-state index contributed by atoms with van der Waals surface area (Å²) in [6, 6.07) is 16.0. The smallest absolute Gasteiger partial charge is 0.228 e. The minimum absolute atomic E-state index is 0.135. The van der Waals surface area contributed by atoms with Crippen LogP contribution >= 0.6 is 11.3 Å². The highest BCUT2D eigenvalue weighted by atomic mass is 32.1. The van der Waals surface area contributed by atoms with E-state index in [1.807, 2.05) is 17.5 Å². The minimum Gasteiger partial charge on any atom is -0.351 e. The van der Waals surface area contributed by atoms with Gasteiger partial charge >= 0.3 is 0 Å². The molecule has 0 radical (unpaired) electrons. The number of hydrogen-bond donors (Lipinski definition) is 1. The fourth-order valence-electron chi connectivity index (χ4n) is 2.60. The molecule has 0 spiro atoms. The Bertz CT molecular complexity index is 814. The first kappa shape index (κ1) is 17.3. The van der Waals surface area contributed by atoms with Crippen LogP contribution in [0.15, 0.2) is 66.0 Å². The largest absolute Gasteiger partial charge is 0.351 e. The topological polar surface area (TPSA) is 29.1 Å². The maximum Gasteiger partial charge on any atom is 0.228 e. The molecule has 0 aliphatic heterocycles. The summed E-state index contributed by atoms with van der Waals surface area (Å²) in [7, 11) is 0. The summed E-state index contributed by atoms with van der Waals surface area (Å²) >= 11 is 1.59. The molecule has 1 N–H and O–H groups in total. The Morgan fingerprint density at radius 2 is 1.60 bits per heavy atom. The molecule has 2 aromatic carbocycles. The molecule has 25 heavy (non-hydrogen) atoms. The van der Waals surface area contributed by atoms with Gasteiger partial charge < -0.3 is 5.32 Å². The summed E-state index contributed by atoms with van der Waals surface area (Å²) in [5, 5.41) is 4.86. The highest BCUT2D eigenvalue weighted by molar-refractivity contribution is 7.09. The Kier molecular flexibility index (Phi) is 5.56. The Morgan fingerprint density at radius 3 is 2.20 bits per heavy atom. The van der Waals surface area contributed by atoms with Crippen LogP contribution in [0.3, 0.4) is 0 Å². The van der Waals surface area contributed by atoms with E-state index in [2.05, 4.69) is 5.32 Å². The van der Waals surface area contributed by atoms with Crippen LogP contribution in [0, 0.1) is 11.6 Å². The van der Waals surface area contributed by atoms with E-state index in [1.165, 1.54) is 24.3 Å². The van der Waals surface area contributed by atoms with Crippen LogP contribution in [-0.2, 0) is 17.8 Å². The second-order valence-corrected chi connectivity index (χ2v) is 6.76. The normalized spacial score (nSPS) is 11.9. The first-order valence-electron chi connectivity index (χ1n) is 7.92. The van der Waals surface area contributed by atoms with Crippen molar-refractivity contribution in [2.24, 2.45) is 0 Å². The van der Waals surface area contributed by atoms with Crippen LogP contribution in [0.4, 0.5) is 8.78 Å². The van der Waals surface area contributed by atoms with Crippen LogP contribution in [0.1, 0.15) is 21.9 Å². The monoisotopic (exact) mass is 357 g/mol. The predicted molar refractivity (Wildman–Crippen MR) is 95.4 cm³/mol. The third kappa shape index (κ3) is 4.73. The van der Waals surface area contributed by atoms with E-state index in [0.29, 0.717) is 13.0 Å². The zero-order chi connectivity index (χ0) is 17.6. The molecule has 3 rings (SSSR count). The molecule has 0 fully saturated rings. The number of nitrogens with one attached hydrogen (secondary N) is 1. The second kappa shape index (κ2) is 8.03. The fourth-order valence-corrected chi connectivity index (χ4v) is 3.35. The van der Waals surface area contributed by atoms with Crippen LogP contribution in [0.25, 0.3) is 0 Å². The molecule has 5 heteroatoms. The van der Waals surface area contributed by atoms with Gasteiger partial charge in [-0.2, -0.15) is 0 Å². The maximum atomic E-state index is 13.2. The Morgan fingerprint density at radius 1 is 0.960 bits per heavy atom. The van der Waals surface area contributed by atoms with Crippen molar-refractivity contribution in [1.82, 2.24) is 5.32 Å². The molecule has 0 aliphatic rings. The number of halogens is 2. The first-order chi connectivity index (χ1) is 12.1. The van der Waals surface area contributed by atoms with Crippen LogP contribution in [-0.4, -0.2) is 5.91 Å². The predicted octanol–water partition coefficient (Wildman–Crippen LogP) is 4.67. The molecule has 1 atom stereocenters. The fraction of sp³-hybridized carbons (Fsp3) is 0.150. The number of carbonyl (C=O) groups excluding carboxylic acids is 1. The van der Waals surface area contributed by atoms with Crippen molar-refractivity contribution in [2.75, 3.05) is 0 Å². The number of benzene rings is 2. The van der Waals surface area contributed by atoms with E-state index in [0.717, 1.165) is 16.0 Å². The highest BCUT2D eigenvalue weighted by Gasteiger charge is 2.21. The second-order valence-electron chi connectivity index (χ2n) is 5.73. The van der Waals surface area contributed by atoms with Gasteiger partial charge in [-0.3, -0.25) is 4.79 Å². The van der Waals surface area contributed by atoms with Crippen LogP contribution in [0.5, 0.6) is 0 Å². The lowest BCUT2D eigenvalue weighted by Crippen LogP contribution is -2.30. The highest BCUT2D eigenvalue weighted by Crippen LogP contribution is 2.24. The van der Waals surface area contributed by atoms with E-state index in [1.54, 1.807) is 35.6 Å². The van der Waals surface area contributed by atoms with Crippen molar-refractivity contribution in [3.8, 4) is 0 Å². The Balaban J connectivity index is 1.74. The summed E-state index contributed by atoms with van der Waals surface area (Å²) in [5.41, 5.74) is 1.59. The molecule has 1 heterocycles. The van der Waals surface area contributed by atoms with Crippen LogP contribution < -0.4 is 5.32 Å². The SMILES string of the molecule is O=C(NCc1ccc(F)cc1)C(Cc1cccs1)c1ccc(F)cc1. The lowest BCUT2D eigenvalue weighted by atomic mass is 9.94. The third-order valence-electron chi connectivity index (χ3n) is 3.95. The molecule has 3 aromatic rings. The Hall–Kier alpha value is -2.53. The average Bonchev–Trinajstić information content (AvgIpc) is 3.13. The number of rotatable bonds is 6. The summed E-state index contributed by atoms with van der Waals surface area (Å²) in [4.78, 5) is 13.8. The van der Waals surface area contributed by atoms with E-state index >= 15 is 0 Å². The zero-order valence-electron chi connectivity index (χ0n) is 13.4. The summed E-state index contributed by atoms with van der Waals surface area (Å²) < 4.78 is 26.2. The van der Waals surface area contributed by atoms with Gasteiger partial charge in [-0.05, 0) is 53.3 Å². The van der Waals surface area contributed by atoms with Crippen molar-refractivity contribution in [2.45, 2.75) is 18.9 Å². The van der Waals surface area contributed by atoms with Crippen molar-refractivity contribution in [3.05, 3.63) is 93.7 Å². The van der Waals surface area contributed by atoms with Gasteiger partial charge in [-0.15, -0.1) is 11.3 Å². The van der Waals surface area contributed by atoms with E-state index < -0.39 is 5.92 Å².